The van der Waals surface area contributed by atoms with Crippen molar-refractivity contribution in [3.63, 3.8) is 0 Å². The van der Waals surface area contributed by atoms with E-state index in [1.54, 1.807) is 6.92 Å². The van der Waals surface area contributed by atoms with Crippen molar-refractivity contribution >= 4 is 11.0 Å². The molecule has 1 heterocycles. The summed E-state index contributed by atoms with van der Waals surface area (Å²) in [6, 6.07) is 6.95. The Labute approximate surface area is 103 Å². The molecule has 1 aromatic carbocycles. The molecule has 2 nitrogen and oxygen atoms in total. The van der Waals surface area contributed by atoms with E-state index >= 15 is 0 Å². The number of alkyl halides is 3. The van der Waals surface area contributed by atoms with Crippen molar-refractivity contribution in [2.75, 3.05) is 6.54 Å². The summed E-state index contributed by atoms with van der Waals surface area (Å²) in [7, 11) is 0. The Bertz CT molecular complexity index is 545. The standard InChI is InChI=1S/C13H14F3NO/c1-8-10-5-3-4-6-11(10)18-12(8)9(2)17-7-13(14,15)16/h3-6,9,17H,7H2,1-2H3. The first-order valence-corrected chi connectivity index (χ1v) is 5.66. The zero-order valence-electron chi connectivity index (χ0n) is 10.1. The predicted molar refractivity (Wildman–Crippen MR) is 63.4 cm³/mol. The first-order chi connectivity index (χ1) is 8.38. The second-order valence-electron chi connectivity index (χ2n) is 4.31. The van der Waals surface area contributed by atoms with Crippen LogP contribution in [0.2, 0.25) is 0 Å². The third-order valence-electron chi connectivity index (χ3n) is 2.88. The molecular weight excluding hydrogens is 243 g/mol. The van der Waals surface area contributed by atoms with E-state index in [0.717, 1.165) is 10.9 Å². The lowest BCUT2D eigenvalue weighted by Gasteiger charge is -2.14. The van der Waals surface area contributed by atoms with Crippen LogP contribution < -0.4 is 5.32 Å². The molecule has 98 valence electrons. The number of rotatable bonds is 3. The summed E-state index contributed by atoms with van der Waals surface area (Å²) in [5.41, 5.74) is 1.58. The summed E-state index contributed by atoms with van der Waals surface area (Å²) >= 11 is 0. The molecule has 0 aliphatic heterocycles. The van der Waals surface area contributed by atoms with E-state index < -0.39 is 18.8 Å². The lowest BCUT2D eigenvalue weighted by molar-refractivity contribution is -0.126. The van der Waals surface area contributed by atoms with Crippen LogP contribution in [-0.4, -0.2) is 12.7 Å². The SMILES string of the molecule is Cc1c(C(C)NCC(F)(F)F)oc2ccccc12. The van der Waals surface area contributed by atoms with Gasteiger partial charge in [0.1, 0.15) is 11.3 Å². The first kappa shape index (κ1) is 13.0. The van der Waals surface area contributed by atoms with E-state index in [1.807, 2.05) is 31.2 Å². The predicted octanol–water partition coefficient (Wildman–Crippen LogP) is 3.95. The molecule has 0 bridgehead atoms. The number of hydrogen-bond donors (Lipinski definition) is 1. The molecule has 0 radical (unpaired) electrons. The largest absolute Gasteiger partial charge is 0.459 e. The minimum Gasteiger partial charge on any atom is -0.459 e. The van der Waals surface area contributed by atoms with Crippen molar-refractivity contribution in [3.8, 4) is 0 Å². The van der Waals surface area contributed by atoms with Gasteiger partial charge in [-0.25, -0.2) is 0 Å². The monoisotopic (exact) mass is 257 g/mol. The van der Waals surface area contributed by atoms with Crippen LogP contribution in [0.15, 0.2) is 28.7 Å². The number of fused-ring (bicyclic) bond motifs is 1. The second kappa shape index (κ2) is 4.65. The van der Waals surface area contributed by atoms with Gasteiger partial charge in [-0.3, -0.25) is 5.32 Å². The average Bonchev–Trinajstić information content (AvgIpc) is 2.64. The number of hydrogen-bond acceptors (Lipinski definition) is 2. The molecule has 1 atom stereocenters. The van der Waals surface area contributed by atoms with Crippen LogP contribution in [0.25, 0.3) is 11.0 Å². The second-order valence-corrected chi connectivity index (χ2v) is 4.31. The number of benzene rings is 1. The molecule has 1 N–H and O–H groups in total. The lowest BCUT2D eigenvalue weighted by atomic mass is 10.1. The van der Waals surface area contributed by atoms with Crippen molar-refractivity contribution in [3.05, 3.63) is 35.6 Å². The number of halogens is 3. The van der Waals surface area contributed by atoms with Crippen molar-refractivity contribution in [1.29, 1.82) is 0 Å². The molecule has 0 saturated heterocycles. The third-order valence-corrected chi connectivity index (χ3v) is 2.88. The van der Waals surface area contributed by atoms with E-state index in [9.17, 15) is 13.2 Å². The van der Waals surface area contributed by atoms with Crippen LogP contribution in [0, 0.1) is 6.92 Å². The molecule has 0 saturated carbocycles. The number of aryl methyl sites for hydroxylation is 1. The van der Waals surface area contributed by atoms with Gasteiger partial charge < -0.3 is 4.42 Å². The Balaban J connectivity index is 2.23. The van der Waals surface area contributed by atoms with Crippen molar-refractivity contribution in [2.45, 2.75) is 26.1 Å². The highest BCUT2D eigenvalue weighted by Crippen LogP contribution is 2.29. The summed E-state index contributed by atoms with van der Waals surface area (Å²) in [5, 5.41) is 3.36. The van der Waals surface area contributed by atoms with Crippen LogP contribution in [0.3, 0.4) is 0 Å². The minimum absolute atomic E-state index is 0.473. The third kappa shape index (κ3) is 2.67. The van der Waals surface area contributed by atoms with Gasteiger partial charge in [-0.1, -0.05) is 18.2 Å². The Kier molecular flexibility index (Phi) is 3.34. The molecule has 2 rings (SSSR count). The summed E-state index contributed by atoms with van der Waals surface area (Å²) in [4.78, 5) is 0. The molecular formula is C13H14F3NO. The first-order valence-electron chi connectivity index (χ1n) is 5.66. The summed E-state index contributed by atoms with van der Waals surface area (Å²) in [6.07, 6.45) is -4.21. The van der Waals surface area contributed by atoms with Gasteiger partial charge in [-0.2, -0.15) is 13.2 Å². The molecule has 0 aliphatic rings. The van der Waals surface area contributed by atoms with Gasteiger partial charge in [0, 0.05) is 5.39 Å². The molecule has 18 heavy (non-hydrogen) atoms. The van der Waals surface area contributed by atoms with Gasteiger partial charge in [0.15, 0.2) is 0 Å². The molecule has 0 amide bonds. The minimum atomic E-state index is -4.21. The maximum Gasteiger partial charge on any atom is 0.401 e. The van der Waals surface area contributed by atoms with Crippen LogP contribution in [0.4, 0.5) is 13.2 Å². The molecule has 0 aliphatic carbocycles. The summed E-state index contributed by atoms with van der Waals surface area (Å²) in [5.74, 6) is 0.556. The maximum absolute atomic E-state index is 12.1. The zero-order valence-corrected chi connectivity index (χ0v) is 10.1. The van der Waals surface area contributed by atoms with Gasteiger partial charge in [0.2, 0.25) is 0 Å². The maximum atomic E-state index is 12.1. The fourth-order valence-electron chi connectivity index (χ4n) is 1.97. The van der Waals surface area contributed by atoms with Crippen LogP contribution in [0.1, 0.15) is 24.3 Å². The molecule has 1 aromatic heterocycles. The van der Waals surface area contributed by atoms with Gasteiger partial charge in [0.05, 0.1) is 12.6 Å². The molecule has 2 aromatic rings. The van der Waals surface area contributed by atoms with Crippen molar-refractivity contribution in [2.24, 2.45) is 0 Å². The number of para-hydroxylation sites is 1. The quantitative estimate of drug-likeness (QED) is 0.900. The van der Waals surface area contributed by atoms with Crippen LogP contribution in [-0.2, 0) is 0 Å². The fraction of sp³-hybridized carbons (Fsp3) is 0.385. The van der Waals surface area contributed by atoms with Crippen molar-refractivity contribution in [1.82, 2.24) is 5.32 Å². The molecule has 0 fully saturated rings. The smallest absolute Gasteiger partial charge is 0.401 e. The van der Waals surface area contributed by atoms with E-state index in [4.69, 9.17) is 4.42 Å². The van der Waals surface area contributed by atoms with Gasteiger partial charge in [0.25, 0.3) is 0 Å². The summed E-state index contributed by atoms with van der Waals surface area (Å²) in [6.45, 7) is 2.49. The average molecular weight is 257 g/mol. The van der Waals surface area contributed by atoms with E-state index in [1.165, 1.54) is 0 Å². The van der Waals surface area contributed by atoms with Gasteiger partial charge >= 0.3 is 6.18 Å². The Hall–Kier alpha value is -1.49. The highest BCUT2D eigenvalue weighted by atomic mass is 19.4. The Morgan fingerprint density at radius 3 is 2.56 bits per heavy atom. The van der Waals surface area contributed by atoms with E-state index in [-0.39, 0.29) is 0 Å². The number of nitrogens with one attached hydrogen (secondary N) is 1. The fourth-order valence-corrected chi connectivity index (χ4v) is 1.97. The highest BCUT2D eigenvalue weighted by molar-refractivity contribution is 5.82. The van der Waals surface area contributed by atoms with Gasteiger partial charge in [-0.05, 0) is 25.5 Å². The lowest BCUT2D eigenvalue weighted by Crippen LogP contribution is -2.30. The zero-order chi connectivity index (χ0) is 13.3. The topological polar surface area (TPSA) is 25.2 Å². The normalized spacial score (nSPS) is 14.1. The van der Waals surface area contributed by atoms with E-state index in [2.05, 4.69) is 5.32 Å². The summed E-state index contributed by atoms with van der Waals surface area (Å²) < 4.78 is 42.0. The molecule has 0 spiro atoms. The van der Waals surface area contributed by atoms with Gasteiger partial charge in [-0.15, -0.1) is 0 Å². The molecule has 5 heteroatoms. The number of furan rings is 1. The molecule has 1 unspecified atom stereocenters. The van der Waals surface area contributed by atoms with Crippen LogP contribution >= 0.6 is 0 Å². The van der Waals surface area contributed by atoms with E-state index in [0.29, 0.717) is 11.3 Å². The van der Waals surface area contributed by atoms with Crippen molar-refractivity contribution < 1.29 is 17.6 Å². The Morgan fingerprint density at radius 1 is 1.28 bits per heavy atom. The Morgan fingerprint density at radius 2 is 1.94 bits per heavy atom. The highest BCUT2D eigenvalue weighted by Gasteiger charge is 2.28. The van der Waals surface area contributed by atoms with Crippen LogP contribution in [0.5, 0.6) is 0 Å².